The van der Waals surface area contributed by atoms with Crippen LogP contribution in [0.15, 0.2) is 59.5 Å². The number of nitrogens with two attached hydrogens (primary N) is 1. The SMILES string of the molecule is Cc1sc(=S)n(-c2ccc(S(N)(=O)=O)cc2)c1-c1ccccc1. The molecule has 1 heterocycles. The molecule has 0 amide bonds. The minimum atomic E-state index is -3.70. The van der Waals surface area contributed by atoms with Gasteiger partial charge in [0.25, 0.3) is 0 Å². The lowest BCUT2D eigenvalue weighted by Gasteiger charge is -2.10. The number of aryl methyl sites for hydroxylation is 1. The first-order valence-electron chi connectivity index (χ1n) is 6.79. The maximum absolute atomic E-state index is 11.4. The molecule has 2 N–H and O–H groups in total. The van der Waals surface area contributed by atoms with Crippen molar-refractivity contribution in [2.75, 3.05) is 0 Å². The zero-order chi connectivity index (χ0) is 16.6. The zero-order valence-corrected chi connectivity index (χ0v) is 14.7. The molecule has 0 spiro atoms. The summed E-state index contributed by atoms with van der Waals surface area (Å²) in [7, 11) is -3.70. The molecule has 0 atom stereocenters. The van der Waals surface area contributed by atoms with Gasteiger partial charge in [-0.1, -0.05) is 30.3 Å². The molecule has 0 saturated heterocycles. The molecule has 0 saturated carbocycles. The summed E-state index contributed by atoms with van der Waals surface area (Å²) in [6, 6.07) is 16.4. The van der Waals surface area contributed by atoms with Gasteiger partial charge in [-0.25, -0.2) is 13.6 Å². The Balaban J connectivity index is 2.20. The van der Waals surface area contributed by atoms with Crippen molar-refractivity contribution in [1.29, 1.82) is 0 Å². The first kappa shape index (κ1) is 16.1. The van der Waals surface area contributed by atoms with Crippen LogP contribution < -0.4 is 5.14 Å². The van der Waals surface area contributed by atoms with Crippen molar-refractivity contribution in [1.82, 2.24) is 4.57 Å². The van der Waals surface area contributed by atoms with Crippen LogP contribution in [0.1, 0.15) is 4.88 Å². The number of hydrogen-bond acceptors (Lipinski definition) is 4. The van der Waals surface area contributed by atoms with E-state index in [-0.39, 0.29) is 4.90 Å². The lowest BCUT2D eigenvalue weighted by atomic mass is 10.1. The molecule has 2 aromatic carbocycles. The van der Waals surface area contributed by atoms with E-state index in [1.807, 2.05) is 41.8 Å². The number of primary sulfonamides is 1. The van der Waals surface area contributed by atoms with Crippen LogP contribution in [0.4, 0.5) is 0 Å². The number of aromatic nitrogens is 1. The Morgan fingerprint density at radius 1 is 1.04 bits per heavy atom. The third kappa shape index (κ3) is 3.13. The normalized spacial score (nSPS) is 11.6. The van der Waals surface area contributed by atoms with E-state index in [1.165, 1.54) is 23.5 Å². The fourth-order valence-corrected chi connectivity index (χ4v) is 4.36. The summed E-state index contributed by atoms with van der Waals surface area (Å²) in [5, 5.41) is 5.15. The van der Waals surface area contributed by atoms with E-state index in [2.05, 4.69) is 0 Å². The fourth-order valence-electron chi connectivity index (χ4n) is 2.42. The molecule has 0 aliphatic heterocycles. The van der Waals surface area contributed by atoms with Crippen LogP contribution in [-0.2, 0) is 10.0 Å². The van der Waals surface area contributed by atoms with E-state index in [9.17, 15) is 8.42 Å². The largest absolute Gasteiger partial charge is 0.291 e. The Hall–Kier alpha value is -1.80. The molecule has 118 valence electrons. The first-order valence-corrected chi connectivity index (χ1v) is 9.56. The summed E-state index contributed by atoms with van der Waals surface area (Å²) in [5.41, 5.74) is 2.89. The van der Waals surface area contributed by atoms with Crippen molar-refractivity contribution < 1.29 is 8.42 Å². The first-order chi connectivity index (χ1) is 10.9. The average Bonchev–Trinajstić information content (AvgIpc) is 2.82. The number of sulfonamides is 1. The summed E-state index contributed by atoms with van der Waals surface area (Å²) in [6.07, 6.45) is 0. The van der Waals surface area contributed by atoms with Crippen LogP contribution in [0.25, 0.3) is 16.9 Å². The third-order valence-corrected chi connectivity index (χ3v) is 5.67. The van der Waals surface area contributed by atoms with Gasteiger partial charge in [0, 0.05) is 10.6 Å². The predicted octanol–water partition coefficient (Wildman–Crippen LogP) is 3.89. The molecule has 23 heavy (non-hydrogen) atoms. The van der Waals surface area contributed by atoms with Gasteiger partial charge < -0.3 is 0 Å². The monoisotopic (exact) mass is 362 g/mol. The predicted molar refractivity (Wildman–Crippen MR) is 96.0 cm³/mol. The van der Waals surface area contributed by atoms with Crippen LogP contribution in [0.2, 0.25) is 0 Å². The van der Waals surface area contributed by atoms with Crippen LogP contribution in [0, 0.1) is 10.9 Å². The average molecular weight is 363 g/mol. The fraction of sp³-hybridized carbons (Fsp3) is 0.0625. The van der Waals surface area contributed by atoms with Gasteiger partial charge in [0.2, 0.25) is 10.0 Å². The molecule has 7 heteroatoms. The quantitative estimate of drug-likeness (QED) is 0.719. The van der Waals surface area contributed by atoms with Gasteiger partial charge in [0.1, 0.15) is 0 Å². The highest BCUT2D eigenvalue weighted by molar-refractivity contribution is 7.89. The van der Waals surface area contributed by atoms with E-state index in [0.717, 1.165) is 21.8 Å². The van der Waals surface area contributed by atoms with Crippen molar-refractivity contribution in [2.45, 2.75) is 11.8 Å². The van der Waals surface area contributed by atoms with Crippen molar-refractivity contribution in [3.8, 4) is 16.9 Å². The van der Waals surface area contributed by atoms with Gasteiger partial charge in [-0.15, -0.1) is 11.3 Å². The molecule has 0 radical (unpaired) electrons. The highest BCUT2D eigenvalue weighted by Crippen LogP contribution is 2.32. The van der Waals surface area contributed by atoms with Crippen LogP contribution in [-0.4, -0.2) is 13.0 Å². The second-order valence-electron chi connectivity index (χ2n) is 5.01. The molecule has 0 aliphatic carbocycles. The molecule has 0 bridgehead atoms. The molecule has 4 nitrogen and oxygen atoms in total. The maximum atomic E-state index is 11.4. The lowest BCUT2D eigenvalue weighted by molar-refractivity contribution is 0.598. The number of nitrogens with zero attached hydrogens (tertiary/aromatic N) is 1. The van der Waals surface area contributed by atoms with E-state index < -0.39 is 10.0 Å². The minimum absolute atomic E-state index is 0.0842. The topological polar surface area (TPSA) is 65.1 Å². The molecule has 0 aliphatic rings. The second-order valence-corrected chi connectivity index (χ2v) is 8.42. The molecule has 1 aromatic heterocycles. The molecular weight excluding hydrogens is 348 g/mol. The van der Waals surface area contributed by atoms with Gasteiger partial charge in [-0.3, -0.25) is 4.57 Å². The summed E-state index contributed by atoms with van der Waals surface area (Å²) in [4.78, 5) is 1.19. The van der Waals surface area contributed by atoms with Crippen molar-refractivity contribution in [2.24, 2.45) is 5.14 Å². The Bertz CT molecular complexity index is 1000. The Morgan fingerprint density at radius 2 is 1.65 bits per heavy atom. The Kier molecular flexibility index (Phi) is 4.20. The molecule has 3 aromatic rings. The molecule has 3 rings (SSSR count). The van der Waals surface area contributed by atoms with Crippen molar-refractivity contribution in [3.63, 3.8) is 0 Å². The Labute approximate surface area is 143 Å². The van der Waals surface area contributed by atoms with Gasteiger partial charge in [0.05, 0.1) is 10.6 Å². The van der Waals surface area contributed by atoms with Gasteiger partial charge in [0.15, 0.2) is 3.95 Å². The van der Waals surface area contributed by atoms with Crippen LogP contribution in [0.5, 0.6) is 0 Å². The highest BCUT2D eigenvalue weighted by atomic mass is 32.2. The molecular formula is C16H14N2O2S3. The van der Waals surface area contributed by atoms with E-state index >= 15 is 0 Å². The lowest BCUT2D eigenvalue weighted by Crippen LogP contribution is -2.12. The minimum Gasteiger partial charge on any atom is -0.291 e. The number of thiazole rings is 1. The summed E-state index contributed by atoms with van der Waals surface area (Å²) in [5.74, 6) is 0. The summed E-state index contributed by atoms with van der Waals surface area (Å²) >= 11 is 7.02. The zero-order valence-electron chi connectivity index (χ0n) is 12.3. The third-order valence-electron chi connectivity index (χ3n) is 3.45. The summed E-state index contributed by atoms with van der Waals surface area (Å²) in [6.45, 7) is 2.03. The summed E-state index contributed by atoms with van der Waals surface area (Å²) < 4.78 is 25.5. The van der Waals surface area contributed by atoms with Crippen molar-refractivity contribution in [3.05, 3.63) is 63.4 Å². The van der Waals surface area contributed by atoms with Gasteiger partial charge >= 0.3 is 0 Å². The standard InChI is InChI=1S/C16H14N2O2S3/c1-11-15(12-5-3-2-4-6-12)18(16(21)22-11)13-7-9-14(10-8-13)23(17,19)20/h2-10H,1H3,(H2,17,19,20). The highest BCUT2D eigenvalue weighted by Gasteiger charge is 2.14. The number of rotatable bonds is 3. The van der Waals surface area contributed by atoms with Gasteiger partial charge in [-0.05, 0) is 49.0 Å². The van der Waals surface area contributed by atoms with E-state index in [1.54, 1.807) is 12.1 Å². The van der Waals surface area contributed by atoms with E-state index in [4.69, 9.17) is 17.4 Å². The number of hydrogen-bond donors (Lipinski definition) is 1. The second kappa shape index (κ2) is 6.01. The molecule has 0 unspecified atom stereocenters. The maximum Gasteiger partial charge on any atom is 0.238 e. The van der Waals surface area contributed by atoms with Crippen molar-refractivity contribution >= 4 is 33.6 Å². The van der Waals surface area contributed by atoms with Gasteiger partial charge in [-0.2, -0.15) is 0 Å². The smallest absolute Gasteiger partial charge is 0.238 e. The van der Waals surface area contributed by atoms with Crippen LogP contribution >= 0.6 is 23.6 Å². The van der Waals surface area contributed by atoms with E-state index in [0.29, 0.717) is 3.95 Å². The Morgan fingerprint density at radius 3 is 2.22 bits per heavy atom. The van der Waals surface area contributed by atoms with Crippen LogP contribution in [0.3, 0.4) is 0 Å². The number of benzene rings is 2. The molecule has 0 fully saturated rings.